The van der Waals surface area contributed by atoms with Crippen molar-refractivity contribution in [2.75, 3.05) is 19.6 Å². The Hall–Kier alpha value is -3.42. The first-order valence-corrected chi connectivity index (χ1v) is 12.5. The molecular formula is C28H35FN4O3. The van der Waals surface area contributed by atoms with Gasteiger partial charge < -0.3 is 18.9 Å². The average molecular weight is 495 g/mol. The van der Waals surface area contributed by atoms with Crippen molar-refractivity contribution in [2.24, 2.45) is 0 Å². The summed E-state index contributed by atoms with van der Waals surface area (Å²) in [6, 6.07) is 6.41. The number of fused-ring (bicyclic) bond motifs is 1. The lowest BCUT2D eigenvalue weighted by atomic mass is 9.89. The van der Waals surface area contributed by atoms with Gasteiger partial charge in [-0.25, -0.2) is 14.2 Å². The molecule has 36 heavy (non-hydrogen) atoms. The smallest absolute Gasteiger partial charge is 0.410 e. The summed E-state index contributed by atoms with van der Waals surface area (Å²) in [6.07, 6.45) is 3.49. The first-order chi connectivity index (χ1) is 16.9. The van der Waals surface area contributed by atoms with E-state index in [2.05, 4.69) is 4.98 Å². The van der Waals surface area contributed by atoms with Crippen molar-refractivity contribution >= 4 is 17.5 Å². The van der Waals surface area contributed by atoms with Crippen LogP contribution < -0.4 is 0 Å². The van der Waals surface area contributed by atoms with Gasteiger partial charge in [-0.1, -0.05) is 6.07 Å². The number of amides is 2. The highest BCUT2D eigenvalue weighted by Gasteiger charge is 2.35. The Labute approximate surface area is 211 Å². The first-order valence-electron chi connectivity index (χ1n) is 12.5. The van der Waals surface area contributed by atoms with Crippen molar-refractivity contribution in [3.05, 3.63) is 59.4 Å². The van der Waals surface area contributed by atoms with Crippen LogP contribution in [-0.2, 0) is 4.74 Å². The summed E-state index contributed by atoms with van der Waals surface area (Å²) >= 11 is 0. The number of aromatic nitrogens is 2. The van der Waals surface area contributed by atoms with E-state index in [0.717, 1.165) is 22.5 Å². The van der Waals surface area contributed by atoms with Gasteiger partial charge in [-0.05, 0) is 77.8 Å². The standard InChI is InChI=1S/C28H35FN4O3/c1-8-32(17(2)3)26(34)24-12-21(29)9-10-22(24)23-11-19(16-33-18(4)30-13-25(23)33)20-14-31(15-20)27(35)36-28(5,6)7/h9-13,16-17,20H,8,14-15H2,1-7H3. The van der Waals surface area contributed by atoms with Gasteiger partial charge in [0.1, 0.15) is 17.2 Å². The molecule has 2 aromatic heterocycles. The Kier molecular flexibility index (Phi) is 6.82. The second-order valence-electron chi connectivity index (χ2n) is 10.7. The van der Waals surface area contributed by atoms with Crippen molar-refractivity contribution in [3.8, 4) is 11.1 Å². The number of hydrogen-bond donors (Lipinski definition) is 0. The highest BCUT2D eigenvalue weighted by molar-refractivity contribution is 6.03. The third-order valence-corrected chi connectivity index (χ3v) is 6.58. The lowest BCUT2D eigenvalue weighted by Gasteiger charge is -2.40. The molecule has 0 spiro atoms. The molecule has 8 heteroatoms. The number of carbonyl (C=O) groups excluding carboxylic acids is 2. The van der Waals surface area contributed by atoms with Crippen molar-refractivity contribution in [3.63, 3.8) is 0 Å². The van der Waals surface area contributed by atoms with Crippen LogP contribution in [0.3, 0.4) is 0 Å². The van der Waals surface area contributed by atoms with Gasteiger partial charge in [-0.3, -0.25) is 4.79 Å². The predicted molar refractivity (Wildman–Crippen MR) is 138 cm³/mol. The van der Waals surface area contributed by atoms with E-state index >= 15 is 0 Å². The average Bonchev–Trinajstić information content (AvgIpc) is 3.12. The summed E-state index contributed by atoms with van der Waals surface area (Å²) in [5, 5.41) is 0. The van der Waals surface area contributed by atoms with Gasteiger partial charge in [0.05, 0.1) is 17.3 Å². The molecule has 1 fully saturated rings. The van der Waals surface area contributed by atoms with E-state index < -0.39 is 11.4 Å². The lowest BCUT2D eigenvalue weighted by molar-refractivity contribution is 0.00815. The van der Waals surface area contributed by atoms with E-state index in [1.54, 1.807) is 22.1 Å². The molecule has 1 aromatic carbocycles. The summed E-state index contributed by atoms with van der Waals surface area (Å²) in [5.41, 5.74) is 3.12. The van der Waals surface area contributed by atoms with Crippen molar-refractivity contribution in [2.45, 2.75) is 66.0 Å². The number of ether oxygens (including phenoxy) is 1. The van der Waals surface area contributed by atoms with Crippen LogP contribution in [0.1, 0.15) is 69.2 Å². The maximum Gasteiger partial charge on any atom is 0.410 e. The highest BCUT2D eigenvalue weighted by atomic mass is 19.1. The molecule has 0 saturated carbocycles. The van der Waals surface area contributed by atoms with E-state index in [9.17, 15) is 14.0 Å². The van der Waals surface area contributed by atoms with Crippen LogP contribution in [0.2, 0.25) is 0 Å². The topological polar surface area (TPSA) is 67.2 Å². The van der Waals surface area contributed by atoms with Gasteiger partial charge in [0.25, 0.3) is 5.91 Å². The molecule has 0 aliphatic carbocycles. The Morgan fingerprint density at radius 1 is 1.19 bits per heavy atom. The van der Waals surface area contributed by atoms with E-state index in [4.69, 9.17) is 4.74 Å². The molecule has 7 nitrogen and oxygen atoms in total. The normalized spacial score (nSPS) is 14.3. The predicted octanol–water partition coefficient (Wildman–Crippen LogP) is 5.65. The third-order valence-electron chi connectivity index (χ3n) is 6.58. The number of hydrogen-bond acceptors (Lipinski definition) is 4. The first kappa shape index (κ1) is 25.7. The van der Waals surface area contributed by atoms with Gasteiger partial charge in [0.2, 0.25) is 0 Å². The van der Waals surface area contributed by atoms with Crippen molar-refractivity contribution in [1.29, 1.82) is 0 Å². The van der Waals surface area contributed by atoms with Gasteiger partial charge in [-0.2, -0.15) is 0 Å². The third kappa shape index (κ3) is 4.94. The molecule has 192 valence electrons. The van der Waals surface area contributed by atoms with E-state index in [1.807, 2.05) is 65.1 Å². The summed E-state index contributed by atoms with van der Waals surface area (Å²) in [4.78, 5) is 33.9. The monoisotopic (exact) mass is 494 g/mol. The molecule has 0 bridgehead atoms. The van der Waals surface area contributed by atoms with Crippen LogP contribution >= 0.6 is 0 Å². The Balaban J connectivity index is 1.75. The molecule has 1 aliphatic rings. The number of benzene rings is 1. The summed E-state index contributed by atoms with van der Waals surface area (Å²) in [6.45, 7) is 14.9. The van der Waals surface area contributed by atoms with Gasteiger partial charge in [0.15, 0.2) is 0 Å². The second-order valence-corrected chi connectivity index (χ2v) is 10.7. The Morgan fingerprint density at radius 3 is 2.50 bits per heavy atom. The summed E-state index contributed by atoms with van der Waals surface area (Å²) in [5.74, 6) is 0.265. The molecule has 0 N–H and O–H groups in total. The van der Waals surface area contributed by atoms with E-state index in [1.165, 1.54) is 12.1 Å². The zero-order valence-electron chi connectivity index (χ0n) is 22.1. The van der Waals surface area contributed by atoms with Crippen LogP contribution in [-0.4, -0.2) is 62.5 Å². The molecule has 3 aromatic rings. The molecule has 1 saturated heterocycles. The molecule has 2 amide bonds. The number of carbonyl (C=O) groups is 2. The number of halogens is 1. The number of aryl methyl sites for hydroxylation is 1. The minimum absolute atomic E-state index is 0.0176. The maximum atomic E-state index is 14.4. The fourth-order valence-electron chi connectivity index (χ4n) is 4.67. The van der Waals surface area contributed by atoms with Crippen molar-refractivity contribution in [1.82, 2.24) is 19.2 Å². The van der Waals surface area contributed by atoms with Gasteiger partial charge in [0, 0.05) is 43.4 Å². The SMILES string of the molecule is CCN(C(=O)c1cc(F)ccc1-c1cc(C2CN(C(=O)OC(C)(C)C)C2)cn2c(C)ncc12)C(C)C. The Bertz CT molecular complexity index is 1300. The molecule has 1 aliphatic heterocycles. The fraction of sp³-hybridized carbons (Fsp3) is 0.464. The molecule has 3 heterocycles. The molecule has 0 unspecified atom stereocenters. The molecule has 0 radical (unpaired) electrons. The van der Waals surface area contributed by atoms with E-state index in [-0.39, 0.29) is 24.0 Å². The molecular weight excluding hydrogens is 459 g/mol. The minimum Gasteiger partial charge on any atom is -0.444 e. The fourth-order valence-corrected chi connectivity index (χ4v) is 4.67. The van der Waals surface area contributed by atoms with Crippen molar-refractivity contribution < 1.29 is 18.7 Å². The van der Waals surface area contributed by atoms with Crippen LogP contribution in [0.25, 0.3) is 16.6 Å². The summed E-state index contributed by atoms with van der Waals surface area (Å²) < 4.78 is 21.9. The minimum atomic E-state index is -0.546. The highest BCUT2D eigenvalue weighted by Crippen LogP contribution is 2.36. The lowest BCUT2D eigenvalue weighted by Crippen LogP contribution is -2.50. The molecule has 4 rings (SSSR count). The number of imidazole rings is 1. The zero-order valence-corrected chi connectivity index (χ0v) is 22.1. The molecule has 0 atom stereocenters. The van der Waals surface area contributed by atoms with Crippen LogP contribution in [0.15, 0.2) is 36.7 Å². The number of pyridine rings is 1. The largest absolute Gasteiger partial charge is 0.444 e. The number of nitrogens with zero attached hydrogens (tertiary/aromatic N) is 4. The maximum absolute atomic E-state index is 14.4. The van der Waals surface area contributed by atoms with Gasteiger partial charge in [-0.15, -0.1) is 0 Å². The number of likely N-dealkylation sites (tertiary alicyclic amines) is 1. The zero-order chi connectivity index (χ0) is 26.4. The number of rotatable bonds is 5. The quantitative estimate of drug-likeness (QED) is 0.459. The van der Waals surface area contributed by atoms with Crippen LogP contribution in [0, 0.1) is 12.7 Å². The van der Waals surface area contributed by atoms with Gasteiger partial charge >= 0.3 is 6.09 Å². The second kappa shape index (κ2) is 9.56. The summed E-state index contributed by atoms with van der Waals surface area (Å²) in [7, 11) is 0. The van der Waals surface area contributed by atoms with Crippen LogP contribution in [0.5, 0.6) is 0 Å². The van der Waals surface area contributed by atoms with Crippen LogP contribution in [0.4, 0.5) is 9.18 Å². The Morgan fingerprint density at radius 2 is 1.89 bits per heavy atom. The van der Waals surface area contributed by atoms with E-state index in [0.29, 0.717) is 30.8 Å².